The summed E-state index contributed by atoms with van der Waals surface area (Å²) in [6.07, 6.45) is -4.53. The van der Waals surface area contributed by atoms with Gasteiger partial charge in [0.25, 0.3) is 0 Å². The van der Waals surface area contributed by atoms with Crippen LogP contribution >= 0.6 is 0 Å². The van der Waals surface area contributed by atoms with E-state index >= 15 is 0 Å². The summed E-state index contributed by atoms with van der Waals surface area (Å²) in [5, 5.41) is 8.78. The Morgan fingerprint density at radius 3 is 1.60 bits per heavy atom. The number of hydrogen-bond acceptors (Lipinski definition) is 2. The lowest BCUT2D eigenvalue weighted by Gasteiger charge is -2.27. The normalized spacial score (nSPS) is 17.1. The molecular formula is C5H10F3NO. The predicted molar refractivity (Wildman–Crippen MR) is 30.3 cm³/mol. The largest absolute Gasteiger partial charge is 0.406 e. The molecule has 0 saturated carbocycles. The van der Waals surface area contributed by atoms with E-state index in [0.29, 0.717) is 0 Å². The zero-order chi connectivity index (χ0) is 8.58. The van der Waals surface area contributed by atoms with Gasteiger partial charge in [0, 0.05) is 0 Å². The van der Waals surface area contributed by atoms with E-state index in [9.17, 15) is 13.2 Å². The van der Waals surface area contributed by atoms with Gasteiger partial charge in [-0.2, -0.15) is 13.2 Å². The van der Waals surface area contributed by atoms with Gasteiger partial charge >= 0.3 is 6.18 Å². The maximum absolute atomic E-state index is 11.7. The minimum absolute atomic E-state index is 1.02. The Labute approximate surface area is 56.8 Å². The van der Waals surface area contributed by atoms with Gasteiger partial charge in [-0.15, -0.1) is 0 Å². The van der Waals surface area contributed by atoms with Crippen LogP contribution in [0.1, 0.15) is 13.8 Å². The minimum atomic E-state index is -4.53. The first kappa shape index (κ1) is 9.71. The van der Waals surface area contributed by atoms with Gasteiger partial charge in [-0.05, 0) is 13.8 Å². The Bertz CT molecular complexity index is 101. The lowest BCUT2D eigenvalue weighted by molar-refractivity contribution is -0.185. The molecular weight excluding hydrogens is 147 g/mol. The van der Waals surface area contributed by atoms with Crippen LogP contribution in [0.25, 0.3) is 0 Å². The standard InChI is InChI=1S/C5H10F3NO/c1-4(2,10)3(9)5(6,7)8/h3,10H,9H2,1-2H3. The summed E-state index contributed by atoms with van der Waals surface area (Å²) in [7, 11) is 0. The van der Waals surface area contributed by atoms with Crippen molar-refractivity contribution in [2.45, 2.75) is 31.7 Å². The number of nitrogens with two attached hydrogens (primary N) is 1. The van der Waals surface area contributed by atoms with Crippen LogP contribution in [-0.4, -0.2) is 22.9 Å². The third-order valence-electron chi connectivity index (χ3n) is 1.11. The molecule has 0 aromatic heterocycles. The molecule has 0 amide bonds. The molecule has 0 aromatic rings. The summed E-state index contributed by atoms with van der Waals surface area (Å²) in [5.74, 6) is 0. The molecule has 0 spiro atoms. The third kappa shape index (κ3) is 2.53. The molecule has 62 valence electrons. The summed E-state index contributed by atoms with van der Waals surface area (Å²) in [6, 6.07) is -2.18. The lowest BCUT2D eigenvalue weighted by atomic mass is 10.00. The predicted octanol–water partition coefficient (Wildman–Crippen LogP) is 0.647. The molecule has 0 saturated heterocycles. The highest BCUT2D eigenvalue weighted by molar-refractivity contribution is 4.86. The van der Waals surface area contributed by atoms with Crippen LogP contribution in [0.3, 0.4) is 0 Å². The Morgan fingerprint density at radius 1 is 1.30 bits per heavy atom. The molecule has 1 atom stereocenters. The molecule has 0 bridgehead atoms. The molecule has 0 radical (unpaired) electrons. The van der Waals surface area contributed by atoms with Gasteiger partial charge in [0.1, 0.15) is 6.04 Å². The van der Waals surface area contributed by atoms with Gasteiger partial charge < -0.3 is 10.8 Å². The second-order valence-corrected chi connectivity index (χ2v) is 2.67. The molecule has 1 unspecified atom stereocenters. The zero-order valence-electron chi connectivity index (χ0n) is 5.74. The van der Waals surface area contributed by atoms with Crippen LogP contribution in [0.2, 0.25) is 0 Å². The first-order chi connectivity index (χ1) is 4.15. The number of hydrogen-bond donors (Lipinski definition) is 2. The van der Waals surface area contributed by atoms with Gasteiger partial charge in [0.2, 0.25) is 0 Å². The van der Waals surface area contributed by atoms with Crippen molar-refractivity contribution in [2.75, 3.05) is 0 Å². The van der Waals surface area contributed by atoms with Gasteiger partial charge in [-0.25, -0.2) is 0 Å². The Morgan fingerprint density at radius 2 is 1.60 bits per heavy atom. The Kier molecular flexibility index (Phi) is 2.32. The molecule has 0 rings (SSSR count). The smallest absolute Gasteiger partial charge is 0.388 e. The highest BCUT2D eigenvalue weighted by Gasteiger charge is 2.45. The Hall–Kier alpha value is -0.290. The lowest BCUT2D eigenvalue weighted by Crippen LogP contribution is -2.52. The van der Waals surface area contributed by atoms with Crippen molar-refractivity contribution in [2.24, 2.45) is 5.73 Å². The highest BCUT2D eigenvalue weighted by atomic mass is 19.4. The van der Waals surface area contributed by atoms with Gasteiger partial charge in [0.15, 0.2) is 0 Å². The molecule has 0 fully saturated rings. The van der Waals surface area contributed by atoms with Crippen LogP contribution in [-0.2, 0) is 0 Å². The molecule has 0 heterocycles. The van der Waals surface area contributed by atoms with E-state index in [1.807, 2.05) is 0 Å². The van der Waals surface area contributed by atoms with Gasteiger partial charge in [-0.3, -0.25) is 0 Å². The van der Waals surface area contributed by atoms with E-state index in [-0.39, 0.29) is 0 Å². The molecule has 5 heteroatoms. The van der Waals surface area contributed by atoms with Crippen LogP contribution in [0.4, 0.5) is 13.2 Å². The third-order valence-corrected chi connectivity index (χ3v) is 1.11. The van der Waals surface area contributed by atoms with Crippen molar-refractivity contribution in [3.8, 4) is 0 Å². The molecule has 0 aliphatic carbocycles. The topological polar surface area (TPSA) is 46.2 Å². The molecule has 10 heavy (non-hydrogen) atoms. The number of aliphatic hydroxyl groups is 1. The fourth-order valence-electron chi connectivity index (χ4n) is 0.401. The molecule has 2 nitrogen and oxygen atoms in total. The second-order valence-electron chi connectivity index (χ2n) is 2.67. The molecule has 3 N–H and O–H groups in total. The van der Waals surface area contributed by atoms with Crippen molar-refractivity contribution in [1.82, 2.24) is 0 Å². The first-order valence-electron chi connectivity index (χ1n) is 2.70. The number of halogens is 3. The van der Waals surface area contributed by atoms with E-state index in [1.165, 1.54) is 0 Å². The van der Waals surface area contributed by atoms with E-state index < -0.39 is 17.8 Å². The monoisotopic (exact) mass is 157 g/mol. The fraction of sp³-hybridized carbons (Fsp3) is 1.00. The van der Waals surface area contributed by atoms with Crippen molar-refractivity contribution >= 4 is 0 Å². The van der Waals surface area contributed by atoms with Crippen LogP contribution in [0.15, 0.2) is 0 Å². The van der Waals surface area contributed by atoms with Crippen LogP contribution < -0.4 is 5.73 Å². The first-order valence-corrected chi connectivity index (χ1v) is 2.70. The van der Waals surface area contributed by atoms with Crippen molar-refractivity contribution in [1.29, 1.82) is 0 Å². The number of alkyl halides is 3. The Balaban J connectivity index is 4.23. The van der Waals surface area contributed by atoms with Gasteiger partial charge in [-0.1, -0.05) is 0 Å². The molecule has 0 aliphatic heterocycles. The highest BCUT2D eigenvalue weighted by Crippen LogP contribution is 2.25. The molecule has 0 aliphatic rings. The summed E-state index contributed by atoms with van der Waals surface area (Å²) in [4.78, 5) is 0. The maximum Gasteiger partial charge on any atom is 0.406 e. The minimum Gasteiger partial charge on any atom is -0.388 e. The second kappa shape index (κ2) is 2.39. The maximum atomic E-state index is 11.7. The SMILES string of the molecule is CC(C)(O)C(N)C(F)(F)F. The van der Waals surface area contributed by atoms with E-state index in [1.54, 1.807) is 0 Å². The summed E-state index contributed by atoms with van der Waals surface area (Å²) in [5.41, 5.74) is 2.75. The molecule has 0 aromatic carbocycles. The van der Waals surface area contributed by atoms with Crippen LogP contribution in [0.5, 0.6) is 0 Å². The summed E-state index contributed by atoms with van der Waals surface area (Å²) in [6.45, 7) is 2.04. The zero-order valence-corrected chi connectivity index (χ0v) is 5.74. The van der Waals surface area contributed by atoms with E-state index in [2.05, 4.69) is 5.73 Å². The summed E-state index contributed by atoms with van der Waals surface area (Å²) < 4.78 is 35.0. The van der Waals surface area contributed by atoms with Gasteiger partial charge in [0.05, 0.1) is 5.60 Å². The number of rotatable bonds is 1. The van der Waals surface area contributed by atoms with Crippen molar-refractivity contribution in [3.63, 3.8) is 0 Å². The average Bonchev–Trinajstić information content (AvgIpc) is 1.59. The van der Waals surface area contributed by atoms with Crippen molar-refractivity contribution < 1.29 is 18.3 Å². The fourth-order valence-corrected chi connectivity index (χ4v) is 0.401. The average molecular weight is 157 g/mol. The quantitative estimate of drug-likeness (QED) is 0.587. The van der Waals surface area contributed by atoms with Crippen LogP contribution in [0, 0.1) is 0 Å². The van der Waals surface area contributed by atoms with E-state index in [4.69, 9.17) is 5.11 Å². The van der Waals surface area contributed by atoms with Crippen molar-refractivity contribution in [3.05, 3.63) is 0 Å². The summed E-state index contributed by atoms with van der Waals surface area (Å²) >= 11 is 0. The van der Waals surface area contributed by atoms with E-state index in [0.717, 1.165) is 13.8 Å².